The lowest BCUT2D eigenvalue weighted by molar-refractivity contribution is -0.162. The Morgan fingerprint density at radius 2 is 1.01 bits per heavy atom. The van der Waals surface area contributed by atoms with Crippen LogP contribution < -0.4 is 5.73 Å². The van der Waals surface area contributed by atoms with E-state index in [9.17, 15) is 14.4 Å². The largest absolute Gasteiger partial charge is 0.460 e. The summed E-state index contributed by atoms with van der Waals surface area (Å²) in [4.78, 5) is 53.5. The Bertz CT molecular complexity index is 2620. The van der Waals surface area contributed by atoms with Crippen molar-refractivity contribution in [2.24, 2.45) is 34.6 Å². The summed E-state index contributed by atoms with van der Waals surface area (Å²) in [6.07, 6.45) is 19.1. The number of carbonyl (C=O) groups is 3. The molecule has 2 saturated carbocycles. The van der Waals surface area contributed by atoms with Gasteiger partial charge in [0.2, 0.25) is 5.89 Å². The van der Waals surface area contributed by atoms with Gasteiger partial charge in [-0.25, -0.2) is 4.79 Å². The van der Waals surface area contributed by atoms with Crippen molar-refractivity contribution in [1.29, 1.82) is 0 Å². The van der Waals surface area contributed by atoms with Gasteiger partial charge in [-0.15, -0.1) is 0 Å². The monoisotopic (exact) mass is 1100 g/mol. The molecule has 0 radical (unpaired) electrons. The van der Waals surface area contributed by atoms with Gasteiger partial charge in [0.15, 0.2) is 5.82 Å². The molecule has 0 unspecified atom stereocenters. The maximum atomic E-state index is 13.1. The molecule has 0 spiro atoms. The van der Waals surface area contributed by atoms with E-state index in [0.717, 1.165) is 50.5 Å². The van der Waals surface area contributed by atoms with Gasteiger partial charge >= 0.3 is 17.9 Å². The lowest BCUT2D eigenvalue weighted by Crippen LogP contribution is -2.54. The summed E-state index contributed by atoms with van der Waals surface area (Å²) in [5, 5.41) is 8.47. The molecule has 2 aliphatic heterocycles. The second-order valence-electron chi connectivity index (χ2n) is 25.5. The van der Waals surface area contributed by atoms with Crippen LogP contribution in [0.4, 0.5) is 0 Å². The van der Waals surface area contributed by atoms with Crippen LogP contribution in [-0.4, -0.2) is 81.1 Å². The van der Waals surface area contributed by atoms with Crippen LogP contribution in [0, 0.1) is 23.7 Å². The Morgan fingerprint density at radius 3 is 1.46 bits per heavy atom. The summed E-state index contributed by atoms with van der Waals surface area (Å²) >= 11 is 0. The highest BCUT2D eigenvalue weighted by atomic mass is 16.7. The fraction of sp³-hybridized carbons (Fsp3) is 0.559. The number of carbonyl (C=O) groups excluding carboxylic acids is 3. The molecule has 2 N–H and O–H groups in total. The molecule has 436 valence electrons. The van der Waals surface area contributed by atoms with Crippen LogP contribution in [0.1, 0.15) is 215 Å². The second kappa shape index (κ2) is 29.7. The first-order valence-corrected chi connectivity index (χ1v) is 30.5. The molecule has 9 rings (SSSR count). The van der Waals surface area contributed by atoms with Crippen molar-refractivity contribution < 1.29 is 33.2 Å². The van der Waals surface area contributed by atoms with Gasteiger partial charge in [0.1, 0.15) is 17.0 Å². The minimum absolute atomic E-state index is 0.00617. The standard InChI is InChI=1S/C34H47N3O4.C34H45N3O3/c1-34(2,3)40-30(38)22-28(21-13-16-25-14-7-4-8-15-25)33(39)41-36-32(35)29-23-37(24-29)31(26-17-9-5-10-18-26)27-19-11-6-12-20-27;1-34(2,3)39-30(38)22-28(21-13-16-25-14-7-4-8-15-25)33-35-32(36-40-33)29-23-37(24-29)31(26-17-9-5-10-18-26)27-19-11-6-12-20-27/h5-6,9-12,17-20,25,28-29,31H,4,7-8,13-16,21-24H2,1-3H3,(H2,35,36);5-6,9-12,17-20,25,28-29,31H,4,7-8,13-16,21-24H2,1-3H3/t2*28-/m11/s1. The summed E-state index contributed by atoms with van der Waals surface area (Å²) in [6.45, 7) is 14.4. The molecule has 2 saturated heterocycles. The lowest BCUT2D eigenvalue weighted by atomic mass is 9.84. The van der Waals surface area contributed by atoms with Gasteiger partial charge in [-0.2, -0.15) is 4.98 Å². The highest BCUT2D eigenvalue weighted by molar-refractivity contribution is 5.85. The van der Waals surface area contributed by atoms with Gasteiger partial charge in [-0.05, 0) is 88.5 Å². The predicted octanol–water partition coefficient (Wildman–Crippen LogP) is 14.4. The van der Waals surface area contributed by atoms with E-state index < -0.39 is 29.1 Å². The van der Waals surface area contributed by atoms with E-state index >= 15 is 0 Å². The van der Waals surface area contributed by atoms with E-state index in [1.165, 1.54) is 92.9 Å². The zero-order valence-electron chi connectivity index (χ0n) is 49.4. The summed E-state index contributed by atoms with van der Waals surface area (Å²) in [5.41, 5.74) is 10.2. The summed E-state index contributed by atoms with van der Waals surface area (Å²) < 4.78 is 17.0. The van der Waals surface area contributed by atoms with Crippen molar-refractivity contribution in [3.05, 3.63) is 155 Å². The topological polar surface area (TPSA) is 163 Å². The van der Waals surface area contributed by atoms with E-state index in [0.29, 0.717) is 37.2 Å². The van der Waals surface area contributed by atoms with Crippen molar-refractivity contribution >= 4 is 23.7 Å². The summed E-state index contributed by atoms with van der Waals surface area (Å²) in [5.74, 6) is 1.61. The number of nitrogens with zero attached hydrogens (tertiary/aromatic N) is 5. The van der Waals surface area contributed by atoms with Gasteiger partial charge in [0, 0.05) is 43.9 Å². The third-order valence-electron chi connectivity index (χ3n) is 16.6. The Kier molecular flexibility index (Phi) is 22.3. The van der Waals surface area contributed by atoms with Crippen molar-refractivity contribution in [1.82, 2.24) is 19.9 Å². The van der Waals surface area contributed by atoms with Crippen LogP contribution in [0.5, 0.6) is 0 Å². The third-order valence-corrected chi connectivity index (χ3v) is 16.6. The molecule has 13 nitrogen and oxygen atoms in total. The highest BCUT2D eigenvalue weighted by Gasteiger charge is 2.39. The van der Waals surface area contributed by atoms with Crippen LogP contribution in [-0.2, 0) is 28.7 Å². The summed E-state index contributed by atoms with van der Waals surface area (Å²) in [7, 11) is 0. The van der Waals surface area contributed by atoms with Crippen LogP contribution in [0.2, 0.25) is 0 Å². The molecule has 4 aliphatic rings. The molecule has 0 bridgehead atoms. The van der Waals surface area contributed by atoms with Gasteiger partial charge in [0.25, 0.3) is 0 Å². The maximum absolute atomic E-state index is 13.1. The molecule has 1 aromatic heterocycles. The van der Waals surface area contributed by atoms with Crippen LogP contribution >= 0.6 is 0 Å². The van der Waals surface area contributed by atoms with Gasteiger partial charge in [0.05, 0.1) is 30.8 Å². The van der Waals surface area contributed by atoms with Crippen LogP contribution in [0.25, 0.3) is 0 Å². The first kappa shape index (κ1) is 60.9. The normalized spacial score (nSPS) is 18.0. The number of aromatic nitrogens is 2. The molecule has 0 amide bonds. The molecule has 3 heterocycles. The van der Waals surface area contributed by atoms with Crippen molar-refractivity contribution in [3.63, 3.8) is 0 Å². The van der Waals surface area contributed by atoms with Crippen molar-refractivity contribution in [2.45, 2.75) is 192 Å². The lowest BCUT2D eigenvalue weighted by Gasteiger charge is -2.44. The molecule has 5 aromatic rings. The number of nitrogens with two attached hydrogens (primary N) is 1. The quantitative estimate of drug-likeness (QED) is 0.0217. The number of likely N-dealkylation sites (tertiary alicyclic amines) is 2. The number of amidine groups is 1. The second-order valence-corrected chi connectivity index (χ2v) is 25.5. The van der Waals surface area contributed by atoms with Crippen LogP contribution in [0.15, 0.2) is 131 Å². The Balaban J connectivity index is 0.000000212. The molecule has 4 fully saturated rings. The number of hydrogen-bond acceptors (Lipinski definition) is 12. The Morgan fingerprint density at radius 1 is 0.593 bits per heavy atom. The molecular formula is C68H92N6O7. The van der Waals surface area contributed by atoms with Gasteiger partial charge in [-0.3, -0.25) is 19.4 Å². The average Bonchev–Trinajstić information content (AvgIpc) is 4.03. The van der Waals surface area contributed by atoms with Crippen molar-refractivity contribution in [2.75, 3.05) is 26.2 Å². The first-order chi connectivity index (χ1) is 39.0. The highest BCUT2D eigenvalue weighted by Crippen LogP contribution is 2.39. The maximum Gasteiger partial charge on any atom is 0.338 e. The zero-order chi connectivity index (χ0) is 57.2. The molecule has 2 atom stereocenters. The van der Waals surface area contributed by atoms with E-state index in [1.807, 2.05) is 53.7 Å². The molecule has 13 heteroatoms. The number of hydrogen-bond donors (Lipinski definition) is 1. The predicted molar refractivity (Wildman–Crippen MR) is 319 cm³/mol. The number of ether oxygens (including phenoxy) is 2. The third kappa shape index (κ3) is 18.9. The number of rotatable bonds is 23. The molecule has 4 aromatic carbocycles. The van der Waals surface area contributed by atoms with E-state index in [-0.39, 0.29) is 48.6 Å². The Hall–Kier alpha value is -6.18. The summed E-state index contributed by atoms with van der Waals surface area (Å²) in [6, 6.07) is 42.5. The zero-order valence-corrected chi connectivity index (χ0v) is 49.4. The molecular weight excluding hydrogens is 1010 g/mol. The first-order valence-electron chi connectivity index (χ1n) is 30.5. The van der Waals surface area contributed by atoms with Crippen LogP contribution in [0.3, 0.4) is 0 Å². The van der Waals surface area contributed by atoms with E-state index in [4.69, 9.17) is 29.6 Å². The number of esters is 2. The van der Waals surface area contributed by atoms with E-state index in [1.54, 1.807) is 0 Å². The number of benzene rings is 4. The minimum atomic E-state index is -0.607. The SMILES string of the molecule is CC(C)(C)OC(=O)C[C@@H](CCCC1CCCCC1)C(=O)O/N=C(\N)C1CN(C(c2ccccc2)c2ccccc2)C1.CC(C)(C)OC(=O)C[C@@H](CCCC1CCCCC1)c1nc(C2CN(C(c3ccccc3)c3ccccc3)C2)no1. The van der Waals surface area contributed by atoms with E-state index in [2.05, 4.69) is 129 Å². The fourth-order valence-corrected chi connectivity index (χ4v) is 12.4. The van der Waals surface area contributed by atoms with Crippen molar-refractivity contribution in [3.8, 4) is 0 Å². The molecule has 81 heavy (non-hydrogen) atoms. The average molecular weight is 1110 g/mol. The fourth-order valence-electron chi connectivity index (χ4n) is 12.4. The van der Waals surface area contributed by atoms with Gasteiger partial charge in [-0.1, -0.05) is 222 Å². The minimum Gasteiger partial charge on any atom is -0.460 e. The number of oxime groups is 1. The van der Waals surface area contributed by atoms with Gasteiger partial charge < -0.3 is 24.6 Å². The molecule has 2 aliphatic carbocycles. The Labute approximate surface area is 483 Å². The smallest absolute Gasteiger partial charge is 0.338 e.